The van der Waals surface area contributed by atoms with Gasteiger partial charge >= 0.3 is 6.18 Å². The lowest BCUT2D eigenvalue weighted by Gasteiger charge is -2.15. The minimum atomic E-state index is -4.39. The van der Waals surface area contributed by atoms with E-state index in [0.717, 1.165) is 12.0 Å². The Morgan fingerprint density at radius 3 is 2.58 bits per heavy atom. The van der Waals surface area contributed by atoms with Crippen molar-refractivity contribution >= 4 is 5.96 Å². The van der Waals surface area contributed by atoms with Crippen LogP contribution in [0.3, 0.4) is 0 Å². The van der Waals surface area contributed by atoms with Crippen LogP contribution >= 0.6 is 0 Å². The molecule has 0 saturated heterocycles. The van der Waals surface area contributed by atoms with Crippen molar-refractivity contribution in [3.63, 3.8) is 0 Å². The number of hydrogen-bond donors (Lipinski definition) is 2. The summed E-state index contributed by atoms with van der Waals surface area (Å²) in [6, 6.07) is 5.25. The molecule has 0 aliphatic heterocycles. The van der Waals surface area contributed by atoms with Gasteiger partial charge in [0.1, 0.15) is 0 Å². The first-order chi connectivity index (χ1) is 11.3. The third-order valence-corrected chi connectivity index (χ3v) is 3.73. The monoisotopic (exact) mass is 345 g/mol. The van der Waals surface area contributed by atoms with Crippen LogP contribution in [0.5, 0.6) is 11.5 Å². The molecule has 2 atom stereocenters. The average Bonchev–Trinajstić information content (AvgIpc) is 3.23. The number of nitrogens with zero attached hydrogens (tertiary/aromatic N) is 1. The number of rotatable bonds is 6. The van der Waals surface area contributed by atoms with Gasteiger partial charge in [-0.25, -0.2) is 0 Å². The van der Waals surface area contributed by atoms with Gasteiger partial charge < -0.3 is 20.1 Å². The molecule has 1 fully saturated rings. The van der Waals surface area contributed by atoms with Gasteiger partial charge in [0.25, 0.3) is 0 Å². The summed E-state index contributed by atoms with van der Waals surface area (Å²) in [5.41, 5.74) is 0.845. The lowest BCUT2D eigenvalue weighted by atomic mass is 10.2. The summed E-state index contributed by atoms with van der Waals surface area (Å²) in [7, 11) is 3.08. The highest BCUT2D eigenvalue weighted by Crippen LogP contribution is 2.30. The van der Waals surface area contributed by atoms with E-state index in [9.17, 15) is 13.2 Å². The van der Waals surface area contributed by atoms with E-state index in [1.807, 2.05) is 0 Å². The fourth-order valence-electron chi connectivity index (χ4n) is 2.18. The van der Waals surface area contributed by atoms with Crippen molar-refractivity contribution in [1.29, 1.82) is 0 Å². The third-order valence-electron chi connectivity index (χ3n) is 3.73. The maximum Gasteiger partial charge on any atom is 0.422 e. The number of benzene rings is 1. The molecule has 8 heteroatoms. The highest BCUT2D eigenvalue weighted by Gasteiger charge is 2.33. The van der Waals surface area contributed by atoms with Gasteiger partial charge in [0.2, 0.25) is 0 Å². The second kappa shape index (κ2) is 7.63. The normalized spacial score (nSPS) is 20.5. The molecule has 0 spiro atoms. The molecule has 0 amide bonds. The van der Waals surface area contributed by atoms with E-state index >= 15 is 0 Å². The zero-order valence-corrected chi connectivity index (χ0v) is 13.9. The molecule has 2 rings (SSSR count). The highest BCUT2D eigenvalue weighted by molar-refractivity contribution is 5.80. The summed E-state index contributed by atoms with van der Waals surface area (Å²) < 4.78 is 46.6. The number of guanidine groups is 1. The number of methoxy groups -OCH3 is 1. The van der Waals surface area contributed by atoms with Gasteiger partial charge in [0.05, 0.1) is 7.11 Å². The summed E-state index contributed by atoms with van der Waals surface area (Å²) in [6.07, 6.45) is -3.26. The summed E-state index contributed by atoms with van der Waals surface area (Å²) in [5.74, 6) is 1.67. The number of halogens is 3. The first-order valence-corrected chi connectivity index (χ1v) is 7.66. The molecule has 1 aliphatic carbocycles. The van der Waals surface area contributed by atoms with Crippen molar-refractivity contribution in [2.24, 2.45) is 10.9 Å². The van der Waals surface area contributed by atoms with Gasteiger partial charge in [-0.05, 0) is 30.0 Å². The number of nitrogens with one attached hydrogen (secondary N) is 2. The van der Waals surface area contributed by atoms with E-state index in [2.05, 4.69) is 22.5 Å². The first-order valence-electron chi connectivity index (χ1n) is 7.66. The molecule has 0 radical (unpaired) electrons. The first kappa shape index (κ1) is 18.2. The standard InChI is InChI=1S/C16H22F3N3O2/c1-10-6-12(10)22-15(20-2)21-8-11-4-5-13(14(7-11)23-3)24-9-16(17,18)19/h4-5,7,10,12H,6,8-9H2,1-3H3,(H2,20,21,22). The van der Waals surface area contributed by atoms with Crippen molar-refractivity contribution in [1.82, 2.24) is 10.6 Å². The molecule has 1 aromatic rings. The SMILES string of the molecule is CN=C(NCc1ccc(OCC(F)(F)F)c(OC)c1)NC1CC1C. The minimum Gasteiger partial charge on any atom is -0.493 e. The lowest BCUT2D eigenvalue weighted by Crippen LogP contribution is -2.38. The van der Waals surface area contributed by atoms with Gasteiger partial charge in [-0.2, -0.15) is 13.2 Å². The van der Waals surface area contributed by atoms with Gasteiger partial charge in [-0.15, -0.1) is 0 Å². The van der Waals surface area contributed by atoms with E-state index in [-0.39, 0.29) is 11.5 Å². The molecular formula is C16H22F3N3O2. The Hall–Kier alpha value is -2.12. The van der Waals surface area contributed by atoms with Crippen molar-refractivity contribution in [2.45, 2.75) is 32.1 Å². The Morgan fingerprint density at radius 1 is 1.33 bits per heavy atom. The predicted octanol–water partition coefficient (Wildman–Crippen LogP) is 2.71. The van der Waals surface area contributed by atoms with Crippen molar-refractivity contribution < 1.29 is 22.6 Å². The minimum absolute atomic E-state index is 0.0629. The van der Waals surface area contributed by atoms with E-state index < -0.39 is 12.8 Å². The Kier molecular flexibility index (Phi) is 5.80. The van der Waals surface area contributed by atoms with Crippen LogP contribution in [0.15, 0.2) is 23.2 Å². The largest absolute Gasteiger partial charge is 0.493 e. The molecule has 0 bridgehead atoms. The van der Waals surface area contributed by atoms with Crippen LogP contribution < -0.4 is 20.1 Å². The maximum absolute atomic E-state index is 12.2. The van der Waals surface area contributed by atoms with Crippen LogP contribution in [0, 0.1) is 5.92 Å². The van der Waals surface area contributed by atoms with E-state index in [1.54, 1.807) is 19.2 Å². The lowest BCUT2D eigenvalue weighted by molar-refractivity contribution is -0.153. The molecule has 0 heterocycles. The maximum atomic E-state index is 12.2. The smallest absolute Gasteiger partial charge is 0.422 e. The quantitative estimate of drug-likeness (QED) is 0.615. The van der Waals surface area contributed by atoms with E-state index in [4.69, 9.17) is 9.47 Å². The molecule has 2 N–H and O–H groups in total. The number of alkyl halides is 3. The Morgan fingerprint density at radius 2 is 2.04 bits per heavy atom. The summed E-state index contributed by atoms with van der Waals surface area (Å²) in [4.78, 5) is 4.15. The van der Waals surface area contributed by atoms with Crippen LogP contribution in [-0.2, 0) is 6.54 Å². The zero-order chi connectivity index (χ0) is 17.7. The molecule has 134 valence electrons. The fraction of sp³-hybridized carbons (Fsp3) is 0.562. The number of ether oxygens (including phenoxy) is 2. The van der Waals surface area contributed by atoms with Crippen LogP contribution in [0.2, 0.25) is 0 Å². The van der Waals surface area contributed by atoms with E-state index in [0.29, 0.717) is 24.5 Å². The van der Waals surface area contributed by atoms with E-state index in [1.165, 1.54) is 13.2 Å². The molecule has 0 aromatic heterocycles. The topological polar surface area (TPSA) is 54.9 Å². The highest BCUT2D eigenvalue weighted by atomic mass is 19.4. The molecule has 2 unspecified atom stereocenters. The van der Waals surface area contributed by atoms with Gasteiger partial charge in [-0.1, -0.05) is 13.0 Å². The van der Waals surface area contributed by atoms with Crippen LogP contribution in [0.4, 0.5) is 13.2 Å². The van der Waals surface area contributed by atoms with Gasteiger partial charge in [0, 0.05) is 19.6 Å². The van der Waals surface area contributed by atoms with Crippen molar-refractivity contribution in [3.05, 3.63) is 23.8 Å². The summed E-state index contributed by atoms with van der Waals surface area (Å²) in [6.45, 7) is 1.28. The zero-order valence-electron chi connectivity index (χ0n) is 13.9. The number of hydrogen-bond acceptors (Lipinski definition) is 3. The second-order valence-corrected chi connectivity index (χ2v) is 5.78. The van der Waals surface area contributed by atoms with Crippen LogP contribution in [-0.4, -0.2) is 38.9 Å². The third kappa shape index (κ3) is 5.50. The molecule has 1 aliphatic rings. The second-order valence-electron chi connectivity index (χ2n) is 5.78. The Labute approximate surface area is 139 Å². The fourth-order valence-corrected chi connectivity index (χ4v) is 2.18. The van der Waals surface area contributed by atoms with Crippen molar-refractivity contribution in [3.8, 4) is 11.5 Å². The average molecular weight is 345 g/mol. The molecule has 1 aromatic carbocycles. The van der Waals surface area contributed by atoms with Gasteiger partial charge in [-0.3, -0.25) is 4.99 Å². The van der Waals surface area contributed by atoms with Crippen LogP contribution in [0.25, 0.3) is 0 Å². The Bertz CT molecular complexity index is 590. The molecule has 5 nitrogen and oxygen atoms in total. The van der Waals surface area contributed by atoms with Crippen LogP contribution in [0.1, 0.15) is 18.9 Å². The molecule has 1 saturated carbocycles. The summed E-state index contributed by atoms with van der Waals surface area (Å²) in [5, 5.41) is 6.46. The Balaban J connectivity index is 1.93. The number of aliphatic imine (C=N–C) groups is 1. The van der Waals surface area contributed by atoms with Gasteiger partial charge in [0.15, 0.2) is 24.1 Å². The molecular weight excluding hydrogens is 323 g/mol. The predicted molar refractivity (Wildman–Crippen MR) is 85.4 cm³/mol. The summed E-state index contributed by atoms with van der Waals surface area (Å²) >= 11 is 0. The molecule has 24 heavy (non-hydrogen) atoms. The van der Waals surface area contributed by atoms with Crippen molar-refractivity contribution in [2.75, 3.05) is 20.8 Å².